The molecule has 0 aliphatic rings. The van der Waals surface area contributed by atoms with Gasteiger partial charge in [0.15, 0.2) is 11.6 Å². The van der Waals surface area contributed by atoms with Crippen LogP contribution >= 0.6 is 0 Å². The Labute approximate surface area is 83.2 Å². The predicted molar refractivity (Wildman–Crippen MR) is 52.7 cm³/mol. The van der Waals surface area contributed by atoms with Gasteiger partial charge in [-0.15, -0.1) is 0 Å². The van der Waals surface area contributed by atoms with Gasteiger partial charge in [-0.1, -0.05) is 19.8 Å². The Hall–Kier alpha value is -1.25. The normalized spacial score (nSPS) is 10.1. The van der Waals surface area contributed by atoms with Gasteiger partial charge in [0.1, 0.15) is 5.69 Å². The fourth-order valence-electron chi connectivity index (χ4n) is 1.24. The molecule has 0 N–H and O–H groups in total. The highest BCUT2D eigenvalue weighted by atomic mass is 19.1. The van der Waals surface area contributed by atoms with Crippen molar-refractivity contribution in [2.45, 2.75) is 32.6 Å². The minimum Gasteiger partial charge on any atom is -0.292 e. The van der Waals surface area contributed by atoms with Gasteiger partial charge < -0.3 is 0 Å². The third-order valence-electron chi connectivity index (χ3n) is 2.03. The fraction of sp³-hybridized carbons (Fsp3) is 0.455. The summed E-state index contributed by atoms with van der Waals surface area (Å²) in [6, 6.07) is 2.75. The predicted octanol–water partition coefficient (Wildman–Crippen LogP) is 2.98. The smallest absolute Gasteiger partial charge is 0.184 e. The summed E-state index contributed by atoms with van der Waals surface area (Å²) in [4.78, 5) is 15.2. The fourth-order valence-corrected chi connectivity index (χ4v) is 1.24. The van der Waals surface area contributed by atoms with Crippen molar-refractivity contribution >= 4 is 5.78 Å². The average molecular weight is 195 g/mol. The van der Waals surface area contributed by atoms with Crippen molar-refractivity contribution in [3.05, 3.63) is 29.8 Å². The quantitative estimate of drug-likeness (QED) is 0.534. The first-order chi connectivity index (χ1) is 6.75. The van der Waals surface area contributed by atoms with E-state index in [1.165, 1.54) is 18.3 Å². The third kappa shape index (κ3) is 2.91. The van der Waals surface area contributed by atoms with Gasteiger partial charge in [0.05, 0.1) is 0 Å². The maximum atomic E-state index is 13.1. The molecule has 0 unspecified atom stereocenters. The number of halogens is 1. The van der Waals surface area contributed by atoms with Crippen LogP contribution in [0.5, 0.6) is 0 Å². The first-order valence-corrected chi connectivity index (χ1v) is 4.89. The Balaban J connectivity index is 2.56. The van der Waals surface area contributed by atoms with E-state index in [-0.39, 0.29) is 11.5 Å². The van der Waals surface area contributed by atoms with Crippen LogP contribution in [-0.4, -0.2) is 10.8 Å². The van der Waals surface area contributed by atoms with Crippen molar-refractivity contribution in [2.75, 3.05) is 0 Å². The Bertz CT molecular complexity index is 312. The number of hydrogen-bond donors (Lipinski definition) is 0. The molecular weight excluding hydrogens is 181 g/mol. The minimum atomic E-state index is -0.519. The van der Waals surface area contributed by atoms with E-state index in [4.69, 9.17) is 0 Å². The van der Waals surface area contributed by atoms with Gasteiger partial charge in [-0.25, -0.2) is 4.39 Å². The maximum Gasteiger partial charge on any atom is 0.184 e. The molecule has 0 spiro atoms. The molecule has 2 nitrogen and oxygen atoms in total. The Kier molecular flexibility index (Phi) is 4.23. The van der Waals surface area contributed by atoms with Gasteiger partial charge in [0, 0.05) is 12.6 Å². The molecule has 0 radical (unpaired) electrons. The summed E-state index contributed by atoms with van der Waals surface area (Å²) in [5, 5.41) is 0. The second kappa shape index (κ2) is 5.47. The molecule has 76 valence electrons. The van der Waals surface area contributed by atoms with Crippen LogP contribution in [0.25, 0.3) is 0 Å². The Morgan fingerprint density at radius 3 is 2.93 bits per heavy atom. The second-order valence-corrected chi connectivity index (χ2v) is 3.21. The van der Waals surface area contributed by atoms with Crippen LogP contribution in [0.2, 0.25) is 0 Å². The van der Waals surface area contributed by atoms with Gasteiger partial charge in [-0.2, -0.15) is 0 Å². The highest BCUT2D eigenvalue weighted by molar-refractivity contribution is 5.94. The lowest BCUT2D eigenvalue weighted by molar-refractivity contribution is 0.0970. The molecule has 1 aromatic heterocycles. The van der Waals surface area contributed by atoms with Crippen LogP contribution in [0.4, 0.5) is 4.39 Å². The first kappa shape index (κ1) is 10.8. The Morgan fingerprint density at radius 1 is 1.50 bits per heavy atom. The number of aromatic nitrogens is 1. The number of nitrogens with zero attached hydrogens (tertiary/aromatic N) is 1. The number of ketones is 1. The van der Waals surface area contributed by atoms with E-state index in [0.717, 1.165) is 19.3 Å². The summed E-state index contributed by atoms with van der Waals surface area (Å²) >= 11 is 0. The molecule has 1 aromatic rings. The molecule has 0 atom stereocenters. The second-order valence-electron chi connectivity index (χ2n) is 3.21. The summed E-state index contributed by atoms with van der Waals surface area (Å²) < 4.78 is 13.1. The average Bonchev–Trinajstić information content (AvgIpc) is 2.18. The van der Waals surface area contributed by atoms with Crippen LogP contribution in [0.15, 0.2) is 18.3 Å². The summed E-state index contributed by atoms with van der Waals surface area (Å²) in [6.07, 6.45) is 4.70. The lowest BCUT2D eigenvalue weighted by Gasteiger charge is -2.00. The summed E-state index contributed by atoms with van der Waals surface area (Å²) in [7, 11) is 0. The van der Waals surface area contributed by atoms with Crippen molar-refractivity contribution in [1.29, 1.82) is 0 Å². The van der Waals surface area contributed by atoms with E-state index in [9.17, 15) is 9.18 Å². The monoisotopic (exact) mass is 195 g/mol. The molecule has 0 saturated carbocycles. The van der Waals surface area contributed by atoms with E-state index in [2.05, 4.69) is 11.9 Å². The highest BCUT2D eigenvalue weighted by Gasteiger charge is 2.11. The molecule has 0 aliphatic carbocycles. The molecule has 1 rings (SSSR count). The highest BCUT2D eigenvalue weighted by Crippen LogP contribution is 2.09. The molecule has 0 saturated heterocycles. The number of Topliss-reactive ketones (excluding diaryl/α,β-unsaturated/α-hetero) is 1. The molecule has 0 fully saturated rings. The van der Waals surface area contributed by atoms with Crippen LogP contribution < -0.4 is 0 Å². The van der Waals surface area contributed by atoms with Gasteiger partial charge in [0.2, 0.25) is 0 Å². The SMILES string of the molecule is CCCCCC(=O)c1ncccc1F. The molecule has 0 bridgehead atoms. The van der Waals surface area contributed by atoms with Gasteiger partial charge in [0.25, 0.3) is 0 Å². The van der Waals surface area contributed by atoms with Crippen LogP contribution in [0.3, 0.4) is 0 Å². The van der Waals surface area contributed by atoms with Crippen LogP contribution in [0, 0.1) is 5.82 Å². The van der Waals surface area contributed by atoms with E-state index < -0.39 is 5.82 Å². The molecule has 1 heterocycles. The lowest BCUT2D eigenvalue weighted by atomic mass is 10.1. The first-order valence-electron chi connectivity index (χ1n) is 4.89. The molecule has 3 heteroatoms. The largest absolute Gasteiger partial charge is 0.292 e. The zero-order valence-corrected chi connectivity index (χ0v) is 8.29. The van der Waals surface area contributed by atoms with Crippen molar-refractivity contribution < 1.29 is 9.18 Å². The summed E-state index contributed by atoms with van der Waals surface area (Å²) in [6.45, 7) is 2.06. The van der Waals surface area contributed by atoms with Crippen molar-refractivity contribution in [3.63, 3.8) is 0 Å². The number of hydrogen-bond acceptors (Lipinski definition) is 2. The summed E-state index contributed by atoms with van der Waals surface area (Å²) in [5.74, 6) is -0.717. The number of carbonyl (C=O) groups excluding carboxylic acids is 1. The topological polar surface area (TPSA) is 30.0 Å². The number of pyridine rings is 1. The number of rotatable bonds is 5. The van der Waals surface area contributed by atoms with Gasteiger partial charge in [-0.3, -0.25) is 9.78 Å². The zero-order chi connectivity index (χ0) is 10.4. The molecule has 0 aliphatic heterocycles. The molecular formula is C11H14FNO. The van der Waals surface area contributed by atoms with E-state index in [1.807, 2.05) is 0 Å². The molecule has 0 amide bonds. The van der Waals surface area contributed by atoms with Crippen LogP contribution in [-0.2, 0) is 0 Å². The van der Waals surface area contributed by atoms with E-state index >= 15 is 0 Å². The third-order valence-corrected chi connectivity index (χ3v) is 2.03. The van der Waals surface area contributed by atoms with Gasteiger partial charge in [-0.05, 0) is 18.6 Å². The van der Waals surface area contributed by atoms with Crippen molar-refractivity contribution in [2.24, 2.45) is 0 Å². The van der Waals surface area contributed by atoms with Gasteiger partial charge >= 0.3 is 0 Å². The maximum absolute atomic E-state index is 13.1. The van der Waals surface area contributed by atoms with Crippen molar-refractivity contribution in [3.8, 4) is 0 Å². The summed E-state index contributed by atoms with van der Waals surface area (Å²) in [5.41, 5.74) is -0.0244. The van der Waals surface area contributed by atoms with E-state index in [0.29, 0.717) is 6.42 Å². The number of carbonyl (C=O) groups is 1. The molecule has 14 heavy (non-hydrogen) atoms. The standard InChI is InChI=1S/C11H14FNO/c1-2-3-4-7-10(14)11-9(12)6-5-8-13-11/h5-6,8H,2-4,7H2,1H3. The zero-order valence-electron chi connectivity index (χ0n) is 8.29. The Morgan fingerprint density at radius 2 is 2.29 bits per heavy atom. The minimum absolute atomic E-state index is 0.0244. The van der Waals surface area contributed by atoms with Crippen molar-refractivity contribution in [1.82, 2.24) is 4.98 Å². The molecule has 0 aromatic carbocycles. The van der Waals surface area contributed by atoms with E-state index in [1.54, 1.807) is 0 Å². The van der Waals surface area contributed by atoms with Crippen LogP contribution in [0.1, 0.15) is 43.1 Å². The number of unbranched alkanes of at least 4 members (excludes halogenated alkanes) is 2. The lowest BCUT2D eigenvalue weighted by Crippen LogP contribution is -2.04.